The second-order valence-electron chi connectivity index (χ2n) is 5.13. The molecule has 0 spiro atoms. The van der Waals surface area contributed by atoms with Crippen LogP contribution in [0.3, 0.4) is 0 Å². The van der Waals surface area contributed by atoms with Crippen LogP contribution in [0, 0.1) is 0 Å². The molecule has 4 atom stereocenters. The van der Waals surface area contributed by atoms with E-state index in [4.69, 9.17) is 9.47 Å². The summed E-state index contributed by atoms with van der Waals surface area (Å²) in [6, 6.07) is 0. The Morgan fingerprint density at radius 1 is 0.542 bits per heavy atom. The Hall–Kier alpha value is -2.36. The third-order valence-corrected chi connectivity index (χ3v) is 3.12. The molecule has 0 aromatic heterocycles. The maximum Gasteiger partial charge on any atom is 0.325 e. The summed E-state index contributed by atoms with van der Waals surface area (Å²) >= 11 is 0. The van der Waals surface area contributed by atoms with Gasteiger partial charge in [0.05, 0.1) is 13.3 Å². The highest BCUT2D eigenvalue weighted by molar-refractivity contribution is 6.35. The predicted molar refractivity (Wildman–Crippen MR) is 71.3 cm³/mol. The maximum absolute atomic E-state index is 11.9. The molecule has 4 amide bonds. The van der Waals surface area contributed by atoms with Crippen LogP contribution in [-0.4, -0.2) is 83.9 Å². The Bertz CT molecular complexity index is 465. The van der Waals surface area contributed by atoms with E-state index in [2.05, 4.69) is 21.7 Å². The molecule has 4 N–H and O–H groups in total. The van der Waals surface area contributed by atoms with Gasteiger partial charge in [0.15, 0.2) is 0 Å². The smallest absolute Gasteiger partial charge is 0.325 e. The van der Waals surface area contributed by atoms with E-state index in [9.17, 15) is 19.2 Å². The summed E-state index contributed by atoms with van der Waals surface area (Å²) < 4.78 is 10.3. The van der Waals surface area contributed by atoms with Crippen LogP contribution in [0.2, 0.25) is 0 Å². The summed E-state index contributed by atoms with van der Waals surface area (Å²) in [5, 5.41) is 5.03. The fourth-order valence-electron chi connectivity index (χ4n) is 2.15. The standard InChI is InChI=1S/C10H16N8O6/c19-7-9(21)13-17-2-18(6-24-5-17)14-10(22)8(20)12-16-1-15(11-7)3-23-4-16/h1-6H2,(H,11,19)(H,12,20)(H,13,21)(H,14,22). The minimum Gasteiger partial charge on any atom is -0.347 e. The summed E-state index contributed by atoms with van der Waals surface area (Å²) in [6.07, 6.45) is 0. The number of hydrogen-bond donors (Lipinski definition) is 4. The number of carbonyl (C=O) groups is 4. The molecule has 4 bridgehead atoms. The lowest BCUT2D eigenvalue weighted by atomic mass is 10.5. The van der Waals surface area contributed by atoms with Gasteiger partial charge < -0.3 is 9.47 Å². The molecule has 132 valence electrons. The van der Waals surface area contributed by atoms with Gasteiger partial charge in [0.25, 0.3) is 0 Å². The number of rotatable bonds is 0. The lowest BCUT2D eigenvalue weighted by Crippen LogP contribution is -2.65. The highest BCUT2D eigenvalue weighted by Gasteiger charge is 2.29. The second kappa shape index (κ2) is 7.04. The molecule has 3 fully saturated rings. The van der Waals surface area contributed by atoms with E-state index >= 15 is 0 Å². The topological polar surface area (TPSA) is 148 Å². The zero-order valence-corrected chi connectivity index (χ0v) is 12.5. The first-order valence-corrected chi connectivity index (χ1v) is 6.90. The fourth-order valence-corrected chi connectivity index (χ4v) is 2.15. The van der Waals surface area contributed by atoms with Gasteiger partial charge in [-0.2, -0.15) is 20.0 Å². The van der Waals surface area contributed by atoms with Crippen LogP contribution in [0.25, 0.3) is 0 Å². The Morgan fingerprint density at radius 2 is 0.792 bits per heavy atom. The number of nitrogens with zero attached hydrogens (tertiary/aromatic N) is 4. The van der Waals surface area contributed by atoms with Crippen molar-refractivity contribution in [1.29, 1.82) is 0 Å². The van der Waals surface area contributed by atoms with E-state index in [1.165, 1.54) is 20.0 Å². The predicted octanol–water partition coefficient (Wildman–Crippen LogP) is -4.86. The lowest BCUT2D eigenvalue weighted by molar-refractivity contribution is -0.182. The maximum atomic E-state index is 11.9. The van der Waals surface area contributed by atoms with Gasteiger partial charge in [-0.05, 0) is 0 Å². The summed E-state index contributed by atoms with van der Waals surface area (Å²) in [4.78, 5) is 47.5. The Balaban J connectivity index is 1.75. The first-order valence-electron chi connectivity index (χ1n) is 6.90. The van der Waals surface area contributed by atoms with Gasteiger partial charge in [0.1, 0.15) is 26.9 Å². The largest absolute Gasteiger partial charge is 0.347 e. The molecular weight excluding hydrogens is 328 g/mol. The molecule has 3 saturated heterocycles. The van der Waals surface area contributed by atoms with E-state index in [1.807, 2.05) is 0 Å². The average molecular weight is 344 g/mol. The van der Waals surface area contributed by atoms with Crippen LogP contribution < -0.4 is 21.7 Å². The van der Waals surface area contributed by atoms with Gasteiger partial charge in [0.2, 0.25) is 0 Å². The van der Waals surface area contributed by atoms with Gasteiger partial charge >= 0.3 is 23.6 Å². The highest BCUT2D eigenvalue weighted by atomic mass is 16.5. The van der Waals surface area contributed by atoms with Crippen LogP contribution in [0.15, 0.2) is 0 Å². The Morgan fingerprint density at radius 3 is 1.04 bits per heavy atom. The van der Waals surface area contributed by atoms with Crippen LogP contribution >= 0.6 is 0 Å². The molecular formula is C10H16N8O6. The molecule has 4 unspecified atom stereocenters. The number of carbonyl (C=O) groups excluding carboxylic acids is 4. The third-order valence-electron chi connectivity index (χ3n) is 3.12. The highest BCUT2D eigenvalue weighted by Crippen LogP contribution is 2.01. The zero-order chi connectivity index (χ0) is 17.1. The number of fused-ring (bicyclic) bond motifs is 4. The van der Waals surface area contributed by atoms with Crippen molar-refractivity contribution in [3.05, 3.63) is 0 Å². The summed E-state index contributed by atoms with van der Waals surface area (Å²) in [6.45, 7) is 0.0932. The Labute approximate surface area is 135 Å². The molecule has 0 aliphatic carbocycles. The molecule has 3 rings (SSSR count). The zero-order valence-electron chi connectivity index (χ0n) is 12.5. The van der Waals surface area contributed by atoms with Crippen molar-refractivity contribution in [1.82, 2.24) is 41.7 Å². The van der Waals surface area contributed by atoms with E-state index in [1.54, 1.807) is 0 Å². The summed E-state index contributed by atoms with van der Waals surface area (Å²) in [5.41, 5.74) is 9.34. The monoisotopic (exact) mass is 344 g/mol. The molecule has 14 nitrogen and oxygen atoms in total. The minimum absolute atomic E-state index is 0.0121. The minimum atomic E-state index is -0.912. The molecule has 3 aliphatic rings. The molecule has 0 aromatic carbocycles. The third kappa shape index (κ3) is 3.94. The van der Waals surface area contributed by atoms with E-state index in [0.717, 1.165) is 0 Å². The molecule has 24 heavy (non-hydrogen) atoms. The molecule has 3 aliphatic heterocycles. The van der Waals surface area contributed by atoms with Crippen molar-refractivity contribution < 1.29 is 28.7 Å². The van der Waals surface area contributed by atoms with E-state index in [-0.39, 0.29) is 40.3 Å². The van der Waals surface area contributed by atoms with Crippen LogP contribution in [-0.2, 0) is 28.7 Å². The molecule has 14 heteroatoms. The van der Waals surface area contributed by atoms with Crippen LogP contribution in [0.5, 0.6) is 0 Å². The molecule has 0 aromatic rings. The van der Waals surface area contributed by atoms with Crippen LogP contribution in [0.1, 0.15) is 0 Å². The number of hydrogen-bond acceptors (Lipinski definition) is 10. The van der Waals surface area contributed by atoms with Crippen molar-refractivity contribution in [2.45, 2.75) is 0 Å². The number of hydrazine groups is 4. The van der Waals surface area contributed by atoms with Crippen LogP contribution in [0.4, 0.5) is 0 Å². The second-order valence-corrected chi connectivity index (χ2v) is 5.13. The molecule has 3 heterocycles. The Kier molecular flexibility index (Phi) is 4.84. The van der Waals surface area contributed by atoms with Gasteiger partial charge in [-0.15, -0.1) is 0 Å². The molecule has 0 saturated carbocycles. The lowest BCUT2D eigenvalue weighted by Gasteiger charge is -2.37. The summed E-state index contributed by atoms with van der Waals surface area (Å²) in [7, 11) is 0. The number of ether oxygens (including phenoxy) is 2. The average Bonchev–Trinajstić information content (AvgIpc) is 2.54. The van der Waals surface area contributed by atoms with Crippen molar-refractivity contribution in [2.75, 3.05) is 40.3 Å². The quantitative estimate of drug-likeness (QED) is 0.315. The first kappa shape index (κ1) is 16.5. The number of nitrogens with one attached hydrogen (secondary N) is 4. The van der Waals surface area contributed by atoms with Crippen molar-refractivity contribution in [3.8, 4) is 0 Å². The van der Waals surface area contributed by atoms with Crippen molar-refractivity contribution >= 4 is 23.6 Å². The summed E-state index contributed by atoms with van der Waals surface area (Å²) in [5.74, 6) is -3.65. The van der Waals surface area contributed by atoms with E-state index in [0.29, 0.717) is 0 Å². The van der Waals surface area contributed by atoms with Gasteiger partial charge in [-0.1, -0.05) is 0 Å². The first-order chi connectivity index (χ1) is 11.5. The normalized spacial score (nSPS) is 35.0. The fraction of sp³-hybridized carbons (Fsp3) is 0.600. The number of amides is 4. The molecule has 0 radical (unpaired) electrons. The van der Waals surface area contributed by atoms with E-state index < -0.39 is 23.6 Å². The van der Waals surface area contributed by atoms with Gasteiger partial charge in [-0.3, -0.25) is 40.9 Å². The SMILES string of the molecule is O=C1NN2COCN(C2)NC(=O)C(=O)NN2COCN(C2)NC1=O. The van der Waals surface area contributed by atoms with Gasteiger partial charge in [-0.25, -0.2) is 0 Å². The van der Waals surface area contributed by atoms with Crippen molar-refractivity contribution in [3.63, 3.8) is 0 Å². The van der Waals surface area contributed by atoms with Crippen molar-refractivity contribution in [2.24, 2.45) is 0 Å². The van der Waals surface area contributed by atoms with Gasteiger partial charge in [0, 0.05) is 0 Å².